The van der Waals surface area contributed by atoms with Gasteiger partial charge in [-0.2, -0.15) is 0 Å². The van der Waals surface area contributed by atoms with Crippen LogP contribution in [0.15, 0.2) is 41.9 Å². The number of guanidine groups is 1. The van der Waals surface area contributed by atoms with Gasteiger partial charge in [0.05, 0.1) is 16.3 Å². The van der Waals surface area contributed by atoms with Crippen LogP contribution in [0.25, 0.3) is 10.1 Å². The van der Waals surface area contributed by atoms with Crippen LogP contribution in [0, 0.1) is 5.41 Å². The number of amides is 1. The van der Waals surface area contributed by atoms with Crippen molar-refractivity contribution in [2.24, 2.45) is 0 Å². The Kier molecular flexibility index (Phi) is 4.95. The van der Waals surface area contributed by atoms with Crippen molar-refractivity contribution in [1.82, 2.24) is 14.6 Å². The van der Waals surface area contributed by atoms with Crippen LogP contribution in [0.4, 0.5) is 5.69 Å². The number of sulfonamides is 1. The molecule has 1 amide bonds. The Labute approximate surface area is 182 Å². The minimum absolute atomic E-state index is 0.179. The lowest BCUT2D eigenvalue weighted by atomic mass is 9.93. The monoisotopic (exact) mass is 463 g/mol. The van der Waals surface area contributed by atoms with E-state index in [4.69, 9.17) is 17.0 Å². The predicted octanol–water partition coefficient (Wildman–Crippen LogP) is 3.22. The zero-order chi connectivity index (χ0) is 21.7. The summed E-state index contributed by atoms with van der Waals surface area (Å²) in [5.74, 6) is -0.743. The lowest BCUT2D eigenvalue weighted by Gasteiger charge is -2.39. The van der Waals surface area contributed by atoms with Crippen LogP contribution in [0.5, 0.6) is 0 Å². The molecule has 11 heteroatoms. The topological polar surface area (TPSA) is 115 Å². The average molecular weight is 464 g/mol. The number of hydrogen-bond acceptors (Lipinski definition) is 6. The molecule has 8 nitrogen and oxygen atoms in total. The number of rotatable bonds is 3. The Balaban J connectivity index is 1.69. The van der Waals surface area contributed by atoms with Crippen molar-refractivity contribution in [2.75, 3.05) is 18.1 Å². The number of halogens is 1. The van der Waals surface area contributed by atoms with E-state index in [2.05, 4.69) is 15.6 Å². The highest BCUT2D eigenvalue weighted by Gasteiger charge is 2.43. The number of anilines is 1. The average Bonchev–Trinajstić information content (AvgIpc) is 3.10. The van der Waals surface area contributed by atoms with Crippen molar-refractivity contribution >= 4 is 60.6 Å². The van der Waals surface area contributed by atoms with Crippen molar-refractivity contribution in [2.45, 2.75) is 12.5 Å². The number of hydrogen-bond donors (Lipinski definition) is 3. The number of carbonyl (C=O) groups is 1. The third-order valence-electron chi connectivity index (χ3n) is 4.98. The van der Waals surface area contributed by atoms with Crippen LogP contribution in [0.1, 0.15) is 23.0 Å². The van der Waals surface area contributed by atoms with Gasteiger partial charge >= 0.3 is 0 Å². The lowest BCUT2D eigenvalue weighted by Crippen LogP contribution is -2.60. The molecule has 1 saturated heterocycles. The number of fused-ring (bicyclic) bond motifs is 1. The number of aromatic nitrogens is 1. The zero-order valence-electron chi connectivity index (χ0n) is 16.1. The highest BCUT2D eigenvalue weighted by molar-refractivity contribution is 7.89. The highest BCUT2D eigenvalue weighted by atomic mass is 35.5. The summed E-state index contributed by atoms with van der Waals surface area (Å²) in [6, 6.07) is 8.57. The maximum Gasteiger partial charge on any atom is 0.274 e. The Morgan fingerprint density at radius 3 is 2.80 bits per heavy atom. The molecule has 1 aliphatic rings. The molecule has 0 saturated carbocycles. The van der Waals surface area contributed by atoms with Crippen LogP contribution in [-0.2, 0) is 15.6 Å². The fraction of sp³-hybridized carbons (Fsp3) is 0.211. The molecule has 3 heterocycles. The van der Waals surface area contributed by atoms with E-state index in [9.17, 15) is 13.2 Å². The van der Waals surface area contributed by atoms with E-state index < -0.39 is 15.6 Å². The quantitative estimate of drug-likeness (QED) is 0.551. The summed E-state index contributed by atoms with van der Waals surface area (Å²) in [5, 5.41) is 17.0. The van der Waals surface area contributed by atoms with E-state index in [1.165, 1.54) is 30.6 Å². The van der Waals surface area contributed by atoms with E-state index in [0.717, 1.165) is 20.0 Å². The molecule has 2 aromatic heterocycles. The van der Waals surface area contributed by atoms with Crippen molar-refractivity contribution in [1.29, 1.82) is 5.41 Å². The van der Waals surface area contributed by atoms with E-state index in [1.54, 1.807) is 25.1 Å². The smallest absolute Gasteiger partial charge is 0.274 e. The number of nitrogens with one attached hydrogen (secondary N) is 3. The summed E-state index contributed by atoms with van der Waals surface area (Å²) in [5.41, 5.74) is 0.567. The van der Waals surface area contributed by atoms with E-state index in [0.29, 0.717) is 10.7 Å². The van der Waals surface area contributed by atoms with Gasteiger partial charge in [0, 0.05) is 29.0 Å². The second-order valence-electron chi connectivity index (χ2n) is 7.21. The normalized spacial score (nSPS) is 20.8. The summed E-state index contributed by atoms with van der Waals surface area (Å²) < 4.78 is 26.9. The standard InChI is InChI=1S/C19H18ClN5O3S2/c1-19(10-30(27,28)25(2)18(21)24-19)14-9-29-16-6-4-12(7-13(14)16)23-17(26)15-5-3-11(20)8-22-15/h3-9H,10H2,1-2H3,(H2,21,24)(H,23,26)/t19-/m0/s1. The fourth-order valence-corrected chi connectivity index (χ4v) is 6.02. The van der Waals surface area contributed by atoms with Gasteiger partial charge in [0.2, 0.25) is 16.0 Å². The molecule has 1 atom stereocenters. The Bertz CT molecular complexity index is 1270. The van der Waals surface area contributed by atoms with Gasteiger partial charge in [-0.1, -0.05) is 11.6 Å². The van der Waals surface area contributed by atoms with Crippen molar-refractivity contribution in [3.63, 3.8) is 0 Å². The summed E-state index contributed by atoms with van der Waals surface area (Å²) in [4.78, 5) is 16.5. The van der Waals surface area contributed by atoms with Gasteiger partial charge in [0.1, 0.15) is 5.69 Å². The molecule has 1 aliphatic heterocycles. The van der Waals surface area contributed by atoms with E-state index >= 15 is 0 Å². The maximum absolute atomic E-state index is 12.5. The molecular formula is C19H18ClN5O3S2. The first kappa shape index (κ1) is 20.6. The summed E-state index contributed by atoms with van der Waals surface area (Å²) in [6.07, 6.45) is 1.40. The summed E-state index contributed by atoms with van der Waals surface area (Å²) >= 11 is 7.29. The van der Waals surface area contributed by atoms with Crippen molar-refractivity contribution < 1.29 is 13.2 Å². The molecule has 3 aromatic rings. The van der Waals surface area contributed by atoms with Gasteiger partial charge < -0.3 is 10.6 Å². The largest absolute Gasteiger partial charge is 0.345 e. The molecule has 156 valence electrons. The van der Waals surface area contributed by atoms with Crippen LogP contribution in [-0.4, -0.2) is 42.4 Å². The Hall–Kier alpha value is -2.69. The van der Waals surface area contributed by atoms with Crippen LogP contribution in [0.2, 0.25) is 5.02 Å². The number of pyridine rings is 1. The molecule has 0 spiro atoms. The predicted molar refractivity (Wildman–Crippen MR) is 119 cm³/mol. The Morgan fingerprint density at radius 1 is 1.37 bits per heavy atom. The van der Waals surface area contributed by atoms with Crippen molar-refractivity contribution in [3.8, 4) is 0 Å². The minimum atomic E-state index is -3.62. The second kappa shape index (κ2) is 7.22. The van der Waals surface area contributed by atoms with Gasteiger partial charge in [-0.15, -0.1) is 11.3 Å². The van der Waals surface area contributed by atoms with Gasteiger partial charge in [0.15, 0.2) is 0 Å². The second-order valence-corrected chi connectivity index (χ2v) is 10.6. The fourth-order valence-electron chi connectivity index (χ4n) is 3.36. The molecular weight excluding hydrogens is 446 g/mol. The number of nitrogens with zero attached hydrogens (tertiary/aromatic N) is 2. The van der Waals surface area contributed by atoms with Crippen molar-refractivity contribution in [3.05, 3.63) is 58.2 Å². The lowest BCUT2D eigenvalue weighted by molar-refractivity contribution is 0.102. The molecule has 0 bridgehead atoms. The summed E-state index contributed by atoms with van der Waals surface area (Å²) in [6.45, 7) is 1.76. The molecule has 0 unspecified atom stereocenters. The van der Waals surface area contributed by atoms with Crippen LogP contribution in [0.3, 0.4) is 0 Å². The first-order chi connectivity index (χ1) is 14.1. The van der Waals surface area contributed by atoms with Gasteiger partial charge in [-0.05, 0) is 48.2 Å². The molecule has 1 fully saturated rings. The first-order valence-corrected chi connectivity index (χ1v) is 11.7. The molecule has 1 aromatic carbocycles. The number of thiophene rings is 1. The third-order valence-corrected chi connectivity index (χ3v) is 8.13. The van der Waals surface area contributed by atoms with E-state index in [1.807, 2.05) is 11.4 Å². The molecule has 0 aliphatic carbocycles. The van der Waals surface area contributed by atoms with Gasteiger partial charge in [0.25, 0.3) is 5.91 Å². The van der Waals surface area contributed by atoms with Crippen LogP contribution >= 0.6 is 22.9 Å². The SMILES string of the molecule is CN1C(=N)N[C@](C)(c2csc3ccc(NC(=O)c4ccc(Cl)cn4)cc23)CS1(=O)=O. The number of carbonyl (C=O) groups excluding carboxylic acids is 1. The van der Waals surface area contributed by atoms with Gasteiger partial charge in [-0.3, -0.25) is 10.2 Å². The maximum atomic E-state index is 12.5. The molecule has 3 N–H and O–H groups in total. The van der Waals surface area contributed by atoms with Crippen LogP contribution < -0.4 is 10.6 Å². The molecule has 4 rings (SSSR count). The van der Waals surface area contributed by atoms with Gasteiger partial charge in [-0.25, -0.2) is 17.7 Å². The Morgan fingerprint density at radius 2 is 2.13 bits per heavy atom. The summed E-state index contributed by atoms with van der Waals surface area (Å²) in [7, 11) is -2.26. The number of benzene rings is 1. The van der Waals surface area contributed by atoms with E-state index in [-0.39, 0.29) is 23.3 Å². The zero-order valence-corrected chi connectivity index (χ0v) is 18.5. The third kappa shape index (κ3) is 3.62. The first-order valence-electron chi connectivity index (χ1n) is 8.87. The molecule has 0 radical (unpaired) electrons. The minimum Gasteiger partial charge on any atom is -0.345 e. The molecule has 30 heavy (non-hydrogen) atoms. The highest BCUT2D eigenvalue weighted by Crippen LogP contribution is 2.37.